The van der Waals surface area contributed by atoms with Crippen molar-refractivity contribution < 1.29 is 0 Å². The summed E-state index contributed by atoms with van der Waals surface area (Å²) >= 11 is 2.21. The van der Waals surface area contributed by atoms with Crippen LogP contribution in [0.2, 0.25) is 0 Å². The largest absolute Gasteiger partial charge is 0.317 e. The Balaban J connectivity index is 2.75. The zero-order valence-electron chi connectivity index (χ0n) is 11.9. The van der Waals surface area contributed by atoms with Gasteiger partial charge in [0.25, 0.3) is 0 Å². The Bertz CT molecular complexity index is 198. The van der Waals surface area contributed by atoms with E-state index in [1.165, 1.54) is 32.4 Å². The third kappa shape index (κ3) is 5.09. The van der Waals surface area contributed by atoms with Gasteiger partial charge in [0.2, 0.25) is 0 Å². The van der Waals surface area contributed by atoms with Crippen molar-refractivity contribution in [2.24, 2.45) is 5.41 Å². The van der Waals surface area contributed by atoms with Crippen LogP contribution in [0, 0.1) is 5.41 Å². The van der Waals surface area contributed by atoms with E-state index in [-0.39, 0.29) is 0 Å². The lowest BCUT2D eigenvalue weighted by Gasteiger charge is -2.45. The van der Waals surface area contributed by atoms with Crippen LogP contribution in [0.15, 0.2) is 0 Å². The number of thioether (sulfide) groups is 1. The van der Waals surface area contributed by atoms with Crippen LogP contribution in [0.5, 0.6) is 0 Å². The second kappa shape index (κ2) is 4.89. The van der Waals surface area contributed by atoms with E-state index in [0.717, 1.165) is 0 Å². The summed E-state index contributed by atoms with van der Waals surface area (Å²) in [6.07, 6.45) is 3.99. The Kier molecular flexibility index (Phi) is 4.40. The minimum atomic E-state index is 0.378. The summed E-state index contributed by atoms with van der Waals surface area (Å²) in [5.41, 5.74) is 0.440. The second-order valence-electron chi connectivity index (χ2n) is 7.38. The number of hydrogen-bond donors (Lipinski definition) is 1. The minimum Gasteiger partial charge on any atom is -0.317 e. The Morgan fingerprint density at radius 1 is 1.00 bits per heavy atom. The van der Waals surface area contributed by atoms with E-state index in [9.17, 15) is 0 Å². The molecule has 0 aromatic carbocycles. The standard InChI is InChI=1S/C14H29NS/c1-12(2,3)11-14(16-13(4,5)6)7-9-15-10-8-14/h15H,7-11H2,1-6H3. The van der Waals surface area contributed by atoms with Crippen LogP contribution in [0.4, 0.5) is 0 Å². The maximum atomic E-state index is 3.50. The summed E-state index contributed by atoms with van der Waals surface area (Å²) < 4.78 is 0.879. The fourth-order valence-electron chi connectivity index (χ4n) is 2.81. The molecule has 1 rings (SSSR count). The molecule has 0 spiro atoms. The second-order valence-corrected chi connectivity index (χ2v) is 9.68. The van der Waals surface area contributed by atoms with Gasteiger partial charge in [-0.15, -0.1) is 11.8 Å². The Hall–Kier alpha value is 0.310. The van der Waals surface area contributed by atoms with Gasteiger partial charge in [-0.3, -0.25) is 0 Å². The van der Waals surface area contributed by atoms with Gasteiger partial charge in [-0.25, -0.2) is 0 Å². The summed E-state index contributed by atoms with van der Waals surface area (Å²) in [5, 5.41) is 3.50. The molecule has 0 aliphatic carbocycles. The molecule has 0 aromatic rings. The molecule has 1 aliphatic rings. The summed E-state index contributed by atoms with van der Waals surface area (Å²) in [5.74, 6) is 0. The highest BCUT2D eigenvalue weighted by Gasteiger charge is 2.39. The van der Waals surface area contributed by atoms with Crippen LogP contribution >= 0.6 is 11.8 Å². The number of nitrogens with one attached hydrogen (secondary N) is 1. The van der Waals surface area contributed by atoms with Crippen molar-refractivity contribution in [3.63, 3.8) is 0 Å². The molecule has 0 radical (unpaired) electrons. The molecule has 1 aliphatic heterocycles. The summed E-state index contributed by atoms with van der Waals surface area (Å²) in [4.78, 5) is 0. The first kappa shape index (κ1) is 14.4. The SMILES string of the molecule is CC(C)(C)CC1(SC(C)(C)C)CCNCC1. The quantitative estimate of drug-likeness (QED) is 0.784. The Morgan fingerprint density at radius 2 is 1.50 bits per heavy atom. The van der Waals surface area contributed by atoms with Crippen molar-refractivity contribution in [2.45, 2.75) is 70.3 Å². The van der Waals surface area contributed by atoms with E-state index in [0.29, 0.717) is 14.9 Å². The van der Waals surface area contributed by atoms with Crippen LogP contribution in [0.1, 0.15) is 60.8 Å². The van der Waals surface area contributed by atoms with Gasteiger partial charge in [-0.1, -0.05) is 41.5 Å². The third-order valence-corrected chi connectivity index (χ3v) is 4.49. The number of rotatable bonds is 2. The lowest BCUT2D eigenvalue weighted by Crippen LogP contribution is -2.44. The van der Waals surface area contributed by atoms with E-state index in [1.54, 1.807) is 0 Å². The third-order valence-electron chi connectivity index (χ3n) is 2.89. The summed E-state index contributed by atoms with van der Waals surface area (Å²) in [6.45, 7) is 16.6. The van der Waals surface area contributed by atoms with Crippen LogP contribution < -0.4 is 5.32 Å². The first-order valence-corrected chi connectivity index (χ1v) is 7.35. The monoisotopic (exact) mass is 243 g/mol. The molecule has 16 heavy (non-hydrogen) atoms. The van der Waals surface area contributed by atoms with E-state index in [1.807, 2.05) is 0 Å². The first-order valence-electron chi connectivity index (χ1n) is 6.53. The fourth-order valence-corrected chi connectivity index (χ4v) is 5.03. The van der Waals surface area contributed by atoms with E-state index in [2.05, 4.69) is 58.6 Å². The van der Waals surface area contributed by atoms with Crippen molar-refractivity contribution >= 4 is 11.8 Å². The first-order chi connectivity index (χ1) is 7.12. The molecular weight excluding hydrogens is 214 g/mol. The van der Waals surface area contributed by atoms with Gasteiger partial charge >= 0.3 is 0 Å². The topological polar surface area (TPSA) is 12.0 Å². The highest BCUT2D eigenvalue weighted by atomic mass is 32.2. The van der Waals surface area contributed by atoms with Gasteiger partial charge in [0.1, 0.15) is 0 Å². The fraction of sp³-hybridized carbons (Fsp3) is 1.00. The molecule has 0 bridgehead atoms. The normalized spacial score (nSPS) is 22.1. The molecule has 0 amide bonds. The smallest absolute Gasteiger partial charge is 0.0194 e. The molecule has 1 nitrogen and oxygen atoms in total. The van der Waals surface area contributed by atoms with E-state index >= 15 is 0 Å². The molecular formula is C14H29NS. The predicted octanol–water partition coefficient (Wildman–Crippen LogP) is 4.08. The molecule has 0 aromatic heterocycles. The van der Waals surface area contributed by atoms with Gasteiger partial charge in [0, 0.05) is 9.49 Å². The number of piperidine rings is 1. The number of hydrogen-bond acceptors (Lipinski definition) is 2. The molecule has 0 unspecified atom stereocenters. The maximum absolute atomic E-state index is 3.50. The van der Waals surface area contributed by atoms with Crippen molar-refractivity contribution in [1.82, 2.24) is 5.32 Å². The van der Waals surface area contributed by atoms with Crippen LogP contribution in [0.3, 0.4) is 0 Å². The highest BCUT2D eigenvalue weighted by Crippen LogP contribution is 2.48. The Morgan fingerprint density at radius 3 is 1.88 bits per heavy atom. The predicted molar refractivity (Wildman–Crippen MR) is 76.3 cm³/mol. The Labute approximate surface area is 106 Å². The summed E-state index contributed by atoms with van der Waals surface area (Å²) in [7, 11) is 0. The van der Waals surface area contributed by atoms with Crippen molar-refractivity contribution in [2.75, 3.05) is 13.1 Å². The zero-order valence-corrected chi connectivity index (χ0v) is 12.8. The van der Waals surface area contributed by atoms with Gasteiger partial charge in [0.15, 0.2) is 0 Å². The van der Waals surface area contributed by atoms with Crippen LogP contribution in [-0.4, -0.2) is 22.6 Å². The van der Waals surface area contributed by atoms with Crippen LogP contribution in [-0.2, 0) is 0 Å². The summed E-state index contributed by atoms with van der Waals surface area (Å²) in [6, 6.07) is 0. The van der Waals surface area contributed by atoms with Crippen molar-refractivity contribution in [1.29, 1.82) is 0 Å². The van der Waals surface area contributed by atoms with Crippen molar-refractivity contribution in [3.8, 4) is 0 Å². The van der Waals surface area contributed by atoms with Gasteiger partial charge < -0.3 is 5.32 Å². The molecule has 1 saturated heterocycles. The zero-order chi connectivity index (χ0) is 12.4. The average molecular weight is 243 g/mol. The average Bonchev–Trinajstić information content (AvgIpc) is 1.97. The lowest BCUT2D eigenvalue weighted by atomic mass is 9.80. The molecule has 2 heteroatoms. The van der Waals surface area contributed by atoms with Crippen LogP contribution in [0.25, 0.3) is 0 Å². The minimum absolute atomic E-state index is 0.378. The van der Waals surface area contributed by atoms with Crippen molar-refractivity contribution in [3.05, 3.63) is 0 Å². The molecule has 0 atom stereocenters. The highest BCUT2D eigenvalue weighted by molar-refractivity contribution is 8.01. The molecule has 96 valence electrons. The van der Waals surface area contributed by atoms with Gasteiger partial charge in [-0.2, -0.15) is 0 Å². The van der Waals surface area contributed by atoms with E-state index < -0.39 is 0 Å². The molecule has 1 heterocycles. The van der Waals surface area contributed by atoms with E-state index in [4.69, 9.17) is 0 Å². The lowest BCUT2D eigenvalue weighted by molar-refractivity contribution is 0.274. The van der Waals surface area contributed by atoms with Gasteiger partial charge in [0.05, 0.1) is 0 Å². The molecule has 0 saturated carbocycles. The van der Waals surface area contributed by atoms with Gasteiger partial charge in [-0.05, 0) is 37.8 Å². The molecule has 1 fully saturated rings. The molecule has 1 N–H and O–H groups in total. The maximum Gasteiger partial charge on any atom is 0.0194 e.